The fourth-order valence-electron chi connectivity index (χ4n) is 2.76. The monoisotopic (exact) mass is 375 g/mol. The van der Waals surface area contributed by atoms with Gasteiger partial charge in [-0.25, -0.2) is 13.4 Å². The number of nitrogens with two attached hydrogens (primary N) is 1. The second-order valence-electron chi connectivity index (χ2n) is 6.18. The summed E-state index contributed by atoms with van der Waals surface area (Å²) in [5.41, 5.74) is 7.55. The van der Waals surface area contributed by atoms with E-state index in [1.807, 2.05) is 0 Å². The van der Waals surface area contributed by atoms with E-state index in [0.29, 0.717) is 35.9 Å². The molecule has 3 rings (SSSR count). The van der Waals surface area contributed by atoms with E-state index in [1.165, 1.54) is 12.1 Å². The summed E-state index contributed by atoms with van der Waals surface area (Å²) in [6.07, 6.45) is 4.18. The predicted molar refractivity (Wildman–Crippen MR) is 98.6 cm³/mol. The second kappa shape index (κ2) is 7.43. The molecular weight excluding hydrogens is 354 g/mol. The molecule has 2 heterocycles. The van der Waals surface area contributed by atoms with Crippen molar-refractivity contribution < 1.29 is 17.9 Å². The van der Waals surface area contributed by atoms with E-state index >= 15 is 0 Å². The zero-order valence-corrected chi connectivity index (χ0v) is 15.3. The number of hydrogen-bond donors (Lipinski definition) is 2. The van der Waals surface area contributed by atoms with E-state index in [1.54, 1.807) is 24.4 Å². The summed E-state index contributed by atoms with van der Waals surface area (Å²) in [5.74, 6) is 0.314. The van der Waals surface area contributed by atoms with E-state index in [-0.39, 0.29) is 16.7 Å². The molecule has 0 atom stereocenters. The summed E-state index contributed by atoms with van der Waals surface area (Å²) in [6.45, 7) is 1.26. The number of anilines is 1. The van der Waals surface area contributed by atoms with Gasteiger partial charge in [-0.15, -0.1) is 0 Å². The lowest BCUT2D eigenvalue weighted by atomic mass is 10.0. The lowest BCUT2D eigenvalue weighted by Gasteiger charge is -2.24. The fourth-order valence-corrected chi connectivity index (χ4v) is 3.39. The first-order chi connectivity index (χ1) is 12.4. The minimum atomic E-state index is -3.29. The smallest absolute Gasteiger partial charge is 0.225 e. The van der Waals surface area contributed by atoms with Gasteiger partial charge in [0.2, 0.25) is 5.88 Å². The Morgan fingerprint density at radius 3 is 2.50 bits per heavy atom. The Balaban J connectivity index is 1.91. The molecule has 0 aliphatic carbocycles. The zero-order chi connectivity index (χ0) is 18.7. The maximum Gasteiger partial charge on any atom is 0.225 e. The summed E-state index contributed by atoms with van der Waals surface area (Å²) in [5, 5.41) is 8.52. The van der Waals surface area contributed by atoms with E-state index in [0.717, 1.165) is 19.1 Å². The molecule has 1 fully saturated rings. The van der Waals surface area contributed by atoms with Gasteiger partial charge in [-0.1, -0.05) is 12.1 Å². The largest absolute Gasteiger partial charge is 0.474 e. The van der Waals surface area contributed by atoms with Gasteiger partial charge in [-0.3, -0.25) is 5.41 Å². The topological polar surface area (TPSA) is 115 Å². The number of nitrogens with zero attached hydrogens (tertiary/aromatic N) is 1. The lowest BCUT2D eigenvalue weighted by Crippen LogP contribution is -2.27. The van der Waals surface area contributed by atoms with E-state index in [4.69, 9.17) is 20.6 Å². The van der Waals surface area contributed by atoms with Crippen LogP contribution in [-0.2, 0) is 14.6 Å². The normalized spacial score (nSPS) is 15.6. The van der Waals surface area contributed by atoms with Crippen LogP contribution in [0.3, 0.4) is 0 Å². The molecule has 3 N–H and O–H groups in total. The molecule has 1 aromatic heterocycles. The van der Waals surface area contributed by atoms with Gasteiger partial charge >= 0.3 is 0 Å². The molecule has 1 saturated heterocycles. The first-order valence-corrected chi connectivity index (χ1v) is 10.1. The Hall–Kier alpha value is -2.45. The van der Waals surface area contributed by atoms with Gasteiger partial charge in [0, 0.05) is 36.5 Å². The van der Waals surface area contributed by atoms with Gasteiger partial charge in [0.1, 0.15) is 6.10 Å². The third kappa shape index (κ3) is 4.03. The number of hydrogen-bond acceptors (Lipinski definition) is 7. The molecule has 138 valence electrons. The van der Waals surface area contributed by atoms with Crippen molar-refractivity contribution in [3.05, 3.63) is 47.7 Å². The number of ether oxygens (including phenoxy) is 2. The molecule has 1 aliphatic heterocycles. The van der Waals surface area contributed by atoms with Gasteiger partial charge in [-0.05, 0) is 18.2 Å². The van der Waals surface area contributed by atoms with Crippen molar-refractivity contribution in [2.75, 3.05) is 25.2 Å². The summed E-state index contributed by atoms with van der Waals surface area (Å²) >= 11 is 0. The zero-order valence-electron chi connectivity index (χ0n) is 14.4. The molecular formula is C18H21N3O4S. The van der Waals surface area contributed by atoms with Crippen LogP contribution >= 0.6 is 0 Å². The highest BCUT2D eigenvalue weighted by molar-refractivity contribution is 7.90. The van der Waals surface area contributed by atoms with Gasteiger partial charge < -0.3 is 15.2 Å². The average molecular weight is 375 g/mol. The average Bonchev–Trinajstić information content (AvgIpc) is 2.62. The minimum absolute atomic E-state index is 0.0304. The fraction of sp³-hybridized carbons (Fsp3) is 0.333. The molecule has 0 radical (unpaired) electrons. The number of nitrogen functional groups attached to an aromatic ring is 1. The van der Waals surface area contributed by atoms with Crippen LogP contribution in [0.25, 0.3) is 0 Å². The van der Waals surface area contributed by atoms with Crippen LogP contribution in [0.15, 0.2) is 41.4 Å². The van der Waals surface area contributed by atoms with Crippen molar-refractivity contribution in [1.82, 2.24) is 4.98 Å². The third-order valence-electron chi connectivity index (χ3n) is 4.22. The maximum absolute atomic E-state index is 11.6. The number of sulfone groups is 1. The van der Waals surface area contributed by atoms with Crippen LogP contribution in [-0.4, -0.2) is 44.7 Å². The summed E-state index contributed by atoms with van der Waals surface area (Å²) < 4.78 is 34.5. The molecule has 7 nitrogen and oxygen atoms in total. The van der Waals surface area contributed by atoms with Crippen LogP contribution < -0.4 is 10.5 Å². The first-order valence-electron chi connectivity index (χ1n) is 8.24. The molecule has 2 aromatic rings. The second-order valence-corrected chi connectivity index (χ2v) is 8.20. The summed E-state index contributed by atoms with van der Waals surface area (Å²) in [6, 6.07) is 7.74. The van der Waals surface area contributed by atoms with Crippen LogP contribution in [0.1, 0.15) is 24.0 Å². The van der Waals surface area contributed by atoms with Crippen molar-refractivity contribution in [1.29, 1.82) is 5.41 Å². The number of aromatic nitrogens is 1. The van der Waals surface area contributed by atoms with E-state index in [2.05, 4.69) is 4.98 Å². The summed E-state index contributed by atoms with van der Waals surface area (Å²) in [4.78, 5) is 4.46. The van der Waals surface area contributed by atoms with Crippen LogP contribution in [0.2, 0.25) is 0 Å². The first kappa shape index (κ1) is 18.3. The molecule has 8 heteroatoms. The van der Waals surface area contributed by atoms with E-state index < -0.39 is 9.84 Å². The standard InChI is InChI=1S/C18H21N3O4S/c1-26(22,23)14-4-2-12(3-5-14)17(20)16-15(19)6-9-21-18(16)25-13-7-10-24-11-8-13/h2-6,9,13,20H,7-8,10-11H2,1H3,(H2,19,21). The van der Waals surface area contributed by atoms with Crippen molar-refractivity contribution in [2.24, 2.45) is 0 Å². The number of rotatable bonds is 5. The maximum atomic E-state index is 11.6. The highest BCUT2D eigenvalue weighted by atomic mass is 32.2. The van der Waals surface area contributed by atoms with Gasteiger partial charge in [0.15, 0.2) is 9.84 Å². The highest BCUT2D eigenvalue weighted by Crippen LogP contribution is 2.27. The van der Waals surface area contributed by atoms with Gasteiger partial charge in [0.05, 0.1) is 29.4 Å². The van der Waals surface area contributed by atoms with Crippen molar-refractivity contribution in [2.45, 2.75) is 23.8 Å². The Bertz CT molecular complexity index is 905. The molecule has 0 bridgehead atoms. The highest BCUT2D eigenvalue weighted by Gasteiger charge is 2.21. The quantitative estimate of drug-likeness (QED) is 0.773. The Morgan fingerprint density at radius 1 is 1.23 bits per heavy atom. The minimum Gasteiger partial charge on any atom is -0.474 e. The molecule has 0 spiro atoms. The van der Waals surface area contributed by atoms with Crippen molar-refractivity contribution >= 4 is 21.2 Å². The van der Waals surface area contributed by atoms with Crippen molar-refractivity contribution in [3.63, 3.8) is 0 Å². The van der Waals surface area contributed by atoms with Crippen LogP contribution in [0.5, 0.6) is 5.88 Å². The molecule has 1 aromatic carbocycles. The Labute approximate surface area is 152 Å². The van der Waals surface area contributed by atoms with E-state index in [9.17, 15) is 8.42 Å². The Kier molecular flexibility index (Phi) is 5.24. The molecule has 0 saturated carbocycles. The van der Waals surface area contributed by atoms with Gasteiger partial charge in [-0.2, -0.15) is 0 Å². The third-order valence-corrected chi connectivity index (χ3v) is 5.34. The molecule has 26 heavy (non-hydrogen) atoms. The van der Waals surface area contributed by atoms with Crippen LogP contribution in [0.4, 0.5) is 5.69 Å². The van der Waals surface area contributed by atoms with Crippen LogP contribution in [0, 0.1) is 5.41 Å². The molecule has 0 unspecified atom stereocenters. The summed E-state index contributed by atoms with van der Waals surface area (Å²) in [7, 11) is -3.29. The number of pyridine rings is 1. The number of nitrogens with one attached hydrogen (secondary N) is 1. The molecule has 1 aliphatic rings. The lowest BCUT2D eigenvalue weighted by molar-refractivity contribution is 0.0237. The molecule has 0 amide bonds. The van der Waals surface area contributed by atoms with Crippen molar-refractivity contribution in [3.8, 4) is 5.88 Å². The number of benzene rings is 1. The SMILES string of the molecule is CS(=O)(=O)c1ccc(C(=N)c2c(N)ccnc2OC2CCOCC2)cc1. The predicted octanol–water partition coefficient (Wildman–Crippen LogP) is 2.04. The van der Waals surface area contributed by atoms with Gasteiger partial charge in [0.25, 0.3) is 0 Å². The Morgan fingerprint density at radius 2 is 1.88 bits per heavy atom.